The maximum Gasteiger partial charge on any atom is 0.0537 e. The molecule has 92 valence electrons. The fraction of sp³-hybridized carbons (Fsp3) is 0.462. The van der Waals surface area contributed by atoms with E-state index in [2.05, 4.69) is 47.3 Å². The first kappa shape index (κ1) is 12.3. The minimum atomic E-state index is 0.369. The highest BCUT2D eigenvalue weighted by atomic mass is 32.1. The number of rotatable bonds is 6. The fourth-order valence-corrected chi connectivity index (χ4v) is 2.47. The van der Waals surface area contributed by atoms with Crippen molar-refractivity contribution in [2.75, 3.05) is 6.54 Å². The van der Waals surface area contributed by atoms with Crippen LogP contribution in [0.5, 0.6) is 0 Å². The normalized spacial score (nSPS) is 12.8. The van der Waals surface area contributed by atoms with Crippen LogP contribution in [0, 0.1) is 0 Å². The van der Waals surface area contributed by atoms with Gasteiger partial charge in [0.25, 0.3) is 0 Å². The Labute approximate surface area is 106 Å². The Morgan fingerprint density at radius 1 is 1.53 bits per heavy atom. The Balaban J connectivity index is 1.78. The van der Waals surface area contributed by atoms with Crippen molar-refractivity contribution >= 4 is 11.3 Å². The summed E-state index contributed by atoms with van der Waals surface area (Å²) in [5.74, 6) is 0. The first-order valence-corrected chi connectivity index (χ1v) is 7.00. The van der Waals surface area contributed by atoms with Gasteiger partial charge in [-0.05, 0) is 49.2 Å². The monoisotopic (exact) mass is 249 g/mol. The SMILES string of the molecule is CCn1cc(C(C)NCCc2ccsc2)cn1. The van der Waals surface area contributed by atoms with Gasteiger partial charge >= 0.3 is 0 Å². The van der Waals surface area contributed by atoms with Gasteiger partial charge in [0.1, 0.15) is 0 Å². The topological polar surface area (TPSA) is 29.9 Å². The third-order valence-electron chi connectivity index (χ3n) is 2.92. The van der Waals surface area contributed by atoms with Crippen molar-refractivity contribution < 1.29 is 0 Å². The molecule has 0 radical (unpaired) electrons. The van der Waals surface area contributed by atoms with Crippen LogP contribution in [0.1, 0.15) is 31.0 Å². The highest BCUT2D eigenvalue weighted by molar-refractivity contribution is 7.07. The Kier molecular flexibility index (Phi) is 4.34. The maximum absolute atomic E-state index is 4.29. The molecule has 0 amide bonds. The number of thiophene rings is 1. The van der Waals surface area contributed by atoms with Crippen molar-refractivity contribution in [1.29, 1.82) is 0 Å². The molecule has 1 atom stereocenters. The number of aryl methyl sites for hydroxylation is 1. The molecule has 0 saturated carbocycles. The molecule has 0 saturated heterocycles. The van der Waals surface area contributed by atoms with Crippen LogP contribution in [-0.4, -0.2) is 16.3 Å². The molecule has 0 aromatic carbocycles. The summed E-state index contributed by atoms with van der Waals surface area (Å²) in [6.07, 6.45) is 5.16. The van der Waals surface area contributed by atoms with E-state index in [9.17, 15) is 0 Å². The molecule has 2 rings (SSSR count). The van der Waals surface area contributed by atoms with E-state index in [4.69, 9.17) is 0 Å². The Bertz CT molecular complexity index is 433. The van der Waals surface area contributed by atoms with Crippen molar-refractivity contribution in [3.8, 4) is 0 Å². The van der Waals surface area contributed by atoms with Gasteiger partial charge in [-0.2, -0.15) is 16.4 Å². The molecule has 0 bridgehead atoms. The van der Waals surface area contributed by atoms with Gasteiger partial charge in [0.05, 0.1) is 6.20 Å². The molecule has 0 aliphatic heterocycles. The van der Waals surface area contributed by atoms with Crippen LogP contribution in [0.4, 0.5) is 0 Å². The summed E-state index contributed by atoms with van der Waals surface area (Å²) in [5.41, 5.74) is 2.68. The van der Waals surface area contributed by atoms with E-state index in [1.807, 2.05) is 10.9 Å². The predicted octanol–water partition coefficient (Wildman–Crippen LogP) is 2.86. The quantitative estimate of drug-likeness (QED) is 0.853. The van der Waals surface area contributed by atoms with Gasteiger partial charge in [0.2, 0.25) is 0 Å². The number of nitrogens with zero attached hydrogens (tertiary/aromatic N) is 2. The van der Waals surface area contributed by atoms with Crippen LogP contribution < -0.4 is 5.32 Å². The van der Waals surface area contributed by atoms with E-state index < -0.39 is 0 Å². The molecule has 2 aromatic rings. The highest BCUT2D eigenvalue weighted by Gasteiger charge is 2.06. The Hall–Kier alpha value is -1.13. The Morgan fingerprint density at radius 3 is 3.06 bits per heavy atom. The van der Waals surface area contributed by atoms with Gasteiger partial charge in [0.15, 0.2) is 0 Å². The molecule has 3 nitrogen and oxygen atoms in total. The second-order valence-corrected chi connectivity index (χ2v) is 4.97. The second kappa shape index (κ2) is 5.98. The molecule has 0 spiro atoms. The van der Waals surface area contributed by atoms with Crippen molar-refractivity contribution in [3.63, 3.8) is 0 Å². The van der Waals surface area contributed by atoms with Gasteiger partial charge in [-0.15, -0.1) is 0 Å². The standard InChI is InChI=1S/C13H19N3S/c1-3-16-9-13(8-15-16)11(2)14-6-4-12-5-7-17-10-12/h5,7-11,14H,3-4,6H2,1-2H3. The van der Waals surface area contributed by atoms with Crippen molar-refractivity contribution in [2.24, 2.45) is 0 Å². The summed E-state index contributed by atoms with van der Waals surface area (Å²) in [5, 5.41) is 12.2. The molecule has 1 unspecified atom stereocenters. The molecule has 0 aliphatic carbocycles. The largest absolute Gasteiger partial charge is 0.310 e. The van der Waals surface area contributed by atoms with Crippen LogP contribution in [0.2, 0.25) is 0 Å². The lowest BCUT2D eigenvalue weighted by Crippen LogP contribution is -2.20. The van der Waals surface area contributed by atoms with Crippen LogP contribution in [0.25, 0.3) is 0 Å². The number of hydrogen-bond donors (Lipinski definition) is 1. The summed E-state index contributed by atoms with van der Waals surface area (Å²) in [7, 11) is 0. The molecule has 0 fully saturated rings. The van der Waals surface area contributed by atoms with Crippen molar-refractivity contribution in [2.45, 2.75) is 32.9 Å². The van der Waals surface area contributed by atoms with Gasteiger partial charge in [0, 0.05) is 24.3 Å². The van der Waals surface area contributed by atoms with Gasteiger partial charge in [-0.1, -0.05) is 0 Å². The fourth-order valence-electron chi connectivity index (χ4n) is 1.76. The molecule has 2 heterocycles. The zero-order valence-corrected chi connectivity index (χ0v) is 11.2. The predicted molar refractivity (Wildman–Crippen MR) is 72.3 cm³/mol. The summed E-state index contributed by atoms with van der Waals surface area (Å²) < 4.78 is 1.96. The smallest absolute Gasteiger partial charge is 0.0537 e. The molecule has 4 heteroatoms. The highest BCUT2D eigenvalue weighted by Crippen LogP contribution is 2.11. The van der Waals surface area contributed by atoms with Crippen molar-refractivity contribution in [3.05, 3.63) is 40.3 Å². The lowest BCUT2D eigenvalue weighted by atomic mass is 10.2. The minimum Gasteiger partial charge on any atom is -0.310 e. The number of aromatic nitrogens is 2. The van der Waals surface area contributed by atoms with Crippen LogP contribution >= 0.6 is 11.3 Å². The summed E-state index contributed by atoms with van der Waals surface area (Å²) in [6.45, 7) is 6.23. The Morgan fingerprint density at radius 2 is 2.41 bits per heavy atom. The number of nitrogens with one attached hydrogen (secondary N) is 1. The van der Waals surface area contributed by atoms with Crippen LogP contribution in [-0.2, 0) is 13.0 Å². The second-order valence-electron chi connectivity index (χ2n) is 4.19. The average Bonchev–Trinajstić information content (AvgIpc) is 2.99. The first-order valence-electron chi connectivity index (χ1n) is 6.06. The molecule has 2 aromatic heterocycles. The third-order valence-corrected chi connectivity index (χ3v) is 3.65. The van der Waals surface area contributed by atoms with Gasteiger partial charge in [-0.3, -0.25) is 4.68 Å². The van der Waals surface area contributed by atoms with E-state index in [0.717, 1.165) is 19.5 Å². The van der Waals surface area contributed by atoms with E-state index in [-0.39, 0.29) is 0 Å². The molecular formula is C13H19N3S. The maximum atomic E-state index is 4.29. The lowest BCUT2D eigenvalue weighted by molar-refractivity contribution is 0.575. The van der Waals surface area contributed by atoms with Gasteiger partial charge in [-0.25, -0.2) is 0 Å². The van der Waals surface area contributed by atoms with Crippen molar-refractivity contribution in [1.82, 2.24) is 15.1 Å². The zero-order chi connectivity index (χ0) is 12.1. The van der Waals surface area contributed by atoms with Crippen LogP contribution in [0.15, 0.2) is 29.2 Å². The zero-order valence-electron chi connectivity index (χ0n) is 10.4. The number of hydrogen-bond acceptors (Lipinski definition) is 3. The molecule has 1 N–H and O–H groups in total. The molecular weight excluding hydrogens is 230 g/mol. The van der Waals surface area contributed by atoms with E-state index in [1.165, 1.54) is 11.1 Å². The van der Waals surface area contributed by atoms with E-state index in [0.29, 0.717) is 6.04 Å². The molecule has 0 aliphatic rings. The van der Waals surface area contributed by atoms with E-state index >= 15 is 0 Å². The van der Waals surface area contributed by atoms with E-state index in [1.54, 1.807) is 11.3 Å². The first-order chi connectivity index (χ1) is 8.29. The minimum absolute atomic E-state index is 0.369. The molecule has 17 heavy (non-hydrogen) atoms. The lowest BCUT2D eigenvalue weighted by Gasteiger charge is -2.11. The summed E-state index contributed by atoms with van der Waals surface area (Å²) in [4.78, 5) is 0. The summed E-state index contributed by atoms with van der Waals surface area (Å²) >= 11 is 1.76. The third kappa shape index (κ3) is 3.41. The van der Waals surface area contributed by atoms with Crippen LogP contribution in [0.3, 0.4) is 0 Å². The van der Waals surface area contributed by atoms with Gasteiger partial charge < -0.3 is 5.32 Å². The average molecular weight is 249 g/mol. The summed E-state index contributed by atoms with van der Waals surface area (Å²) in [6, 6.07) is 2.56.